The first-order valence-electron chi connectivity index (χ1n) is 6.63. The molecule has 3 rings (SSSR count). The van der Waals surface area contributed by atoms with Crippen molar-refractivity contribution in [2.24, 2.45) is 5.92 Å². The minimum atomic E-state index is 0.603. The van der Waals surface area contributed by atoms with Crippen molar-refractivity contribution < 1.29 is 0 Å². The summed E-state index contributed by atoms with van der Waals surface area (Å²) in [6, 6.07) is 6.56. The summed E-state index contributed by atoms with van der Waals surface area (Å²) in [6.45, 7) is 5.18. The Balaban J connectivity index is 1.83. The molecule has 2 aliphatic heterocycles. The van der Waals surface area contributed by atoms with E-state index in [2.05, 4.69) is 21.3 Å². The van der Waals surface area contributed by atoms with E-state index in [1.165, 1.54) is 12.8 Å². The van der Waals surface area contributed by atoms with Gasteiger partial charge < -0.3 is 10.2 Å². The van der Waals surface area contributed by atoms with Gasteiger partial charge in [-0.05, 0) is 44.4 Å². The van der Waals surface area contributed by atoms with Gasteiger partial charge in [0, 0.05) is 24.8 Å². The molecule has 3 heterocycles. The molecular weight excluding hydrogens is 224 g/mol. The van der Waals surface area contributed by atoms with E-state index in [1.807, 2.05) is 19.1 Å². The highest BCUT2D eigenvalue weighted by molar-refractivity contribution is 5.48. The second kappa shape index (κ2) is 4.58. The molecule has 0 spiro atoms. The topological polar surface area (TPSA) is 52.0 Å². The molecule has 2 atom stereocenters. The van der Waals surface area contributed by atoms with Crippen LogP contribution in [0.4, 0.5) is 5.82 Å². The van der Waals surface area contributed by atoms with Crippen LogP contribution in [0.25, 0.3) is 0 Å². The Morgan fingerprint density at radius 3 is 3.11 bits per heavy atom. The molecule has 0 aromatic carbocycles. The van der Waals surface area contributed by atoms with E-state index >= 15 is 0 Å². The highest BCUT2D eigenvalue weighted by Gasteiger charge is 2.34. The molecular formula is C14H18N4. The Morgan fingerprint density at radius 2 is 2.33 bits per heavy atom. The molecule has 2 aliphatic rings. The summed E-state index contributed by atoms with van der Waals surface area (Å²) in [7, 11) is 0. The highest BCUT2D eigenvalue weighted by atomic mass is 15.2. The lowest BCUT2D eigenvalue weighted by Crippen LogP contribution is -2.40. The van der Waals surface area contributed by atoms with Crippen molar-refractivity contribution in [3.8, 4) is 6.07 Å². The van der Waals surface area contributed by atoms with Crippen LogP contribution in [-0.4, -0.2) is 30.7 Å². The standard InChI is InChI=1S/C14H18N4/c1-10-5-11(7-15)6-14(17-10)18-8-12-3-2-4-16-13(12)9-18/h5-6,12-13,16H,2-4,8-9H2,1H3. The minimum absolute atomic E-state index is 0.603. The Morgan fingerprint density at radius 1 is 1.44 bits per heavy atom. The molecule has 0 amide bonds. The SMILES string of the molecule is Cc1cc(C#N)cc(N2CC3CCCNC3C2)n1. The van der Waals surface area contributed by atoms with Crippen molar-refractivity contribution >= 4 is 5.82 Å². The van der Waals surface area contributed by atoms with Crippen LogP contribution in [0.1, 0.15) is 24.1 Å². The summed E-state index contributed by atoms with van der Waals surface area (Å²) in [5.41, 5.74) is 1.63. The van der Waals surface area contributed by atoms with Crippen molar-refractivity contribution in [2.75, 3.05) is 24.5 Å². The second-order valence-corrected chi connectivity index (χ2v) is 5.34. The zero-order chi connectivity index (χ0) is 12.5. The van der Waals surface area contributed by atoms with Crippen LogP contribution in [0.5, 0.6) is 0 Å². The van der Waals surface area contributed by atoms with Crippen molar-refractivity contribution in [3.05, 3.63) is 23.4 Å². The molecule has 0 aliphatic carbocycles. The summed E-state index contributed by atoms with van der Waals surface area (Å²) in [5.74, 6) is 1.70. The van der Waals surface area contributed by atoms with Crippen molar-refractivity contribution in [2.45, 2.75) is 25.8 Å². The highest BCUT2D eigenvalue weighted by Crippen LogP contribution is 2.28. The van der Waals surface area contributed by atoms with E-state index in [0.29, 0.717) is 11.6 Å². The van der Waals surface area contributed by atoms with Crippen LogP contribution in [0.15, 0.2) is 12.1 Å². The number of hydrogen-bond donors (Lipinski definition) is 1. The molecule has 2 unspecified atom stereocenters. The fraction of sp³-hybridized carbons (Fsp3) is 0.571. The van der Waals surface area contributed by atoms with Gasteiger partial charge in [-0.1, -0.05) is 0 Å². The fourth-order valence-corrected chi connectivity index (χ4v) is 3.11. The molecule has 0 bridgehead atoms. The van der Waals surface area contributed by atoms with Crippen LogP contribution in [0, 0.1) is 24.2 Å². The normalized spacial score (nSPS) is 26.8. The van der Waals surface area contributed by atoms with E-state index < -0.39 is 0 Å². The van der Waals surface area contributed by atoms with Crippen LogP contribution in [-0.2, 0) is 0 Å². The quantitative estimate of drug-likeness (QED) is 0.810. The molecule has 1 aromatic rings. The number of rotatable bonds is 1. The van der Waals surface area contributed by atoms with Gasteiger partial charge in [0.05, 0.1) is 11.6 Å². The summed E-state index contributed by atoms with van der Waals surface area (Å²) in [4.78, 5) is 6.89. The van der Waals surface area contributed by atoms with Crippen molar-refractivity contribution in [1.82, 2.24) is 10.3 Å². The Bertz CT molecular complexity index is 477. The van der Waals surface area contributed by atoms with E-state index in [9.17, 15) is 0 Å². The van der Waals surface area contributed by atoms with Crippen LogP contribution < -0.4 is 10.2 Å². The molecule has 0 saturated carbocycles. The number of nitriles is 1. The summed E-state index contributed by atoms with van der Waals surface area (Å²) in [5, 5.41) is 12.6. The molecule has 2 fully saturated rings. The molecule has 1 aromatic heterocycles. The Labute approximate surface area is 108 Å². The zero-order valence-electron chi connectivity index (χ0n) is 10.7. The average Bonchev–Trinajstić information content (AvgIpc) is 2.81. The van der Waals surface area contributed by atoms with Gasteiger partial charge in [-0.2, -0.15) is 5.26 Å². The third kappa shape index (κ3) is 2.06. The number of aromatic nitrogens is 1. The van der Waals surface area contributed by atoms with Gasteiger partial charge in [0.15, 0.2) is 0 Å². The fourth-order valence-electron chi connectivity index (χ4n) is 3.11. The van der Waals surface area contributed by atoms with Crippen LogP contribution in [0.2, 0.25) is 0 Å². The van der Waals surface area contributed by atoms with Crippen LogP contribution >= 0.6 is 0 Å². The van der Waals surface area contributed by atoms with Gasteiger partial charge in [-0.25, -0.2) is 4.98 Å². The number of piperidine rings is 1. The lowest BCUT2D eigenvalue weighted by atomic mass is 9.94. The number of anilines is 1. The molecule has 4 nitrogen and oxygen atoms in total. The number of nitrogens with zero attached hydrogens (tertiary/aromatic N) is 3. The lowest BCUT2D eigenvalue weighted by molar-refractivity contribution is 0.340. The number of aryl methyl sites for hydroxylation is 1. The van der Waals surface area contributed by atoms with Gasteiger partial charge in [0.25, 0.3) is 0 Å². The first-order chi connectivity index (χ1) is 8.76. The van der Waals surface area contributed by atoms with Gasteiger partial charge in [-0.3, -0.25) is 0 Å². The third-order valence-corrected chi connectivity index (χ3v) is 3.99. The number of nitrogens with one attached hydrogen (secondary N) is 1. The van der Waals surface area contributed by atoms with E-state index in [1.54, 1.807) is 0 Å². The summed E-state index contributed by atoms with van der Waals surface area (Å²) in [6.07, 6.45) is 2.59. The third-order valence-electron chi connectivity index (χ3n) is 3.99. The van der Waals surface area contributed by atoms with E-state index in [-0.39, 0.29) is 0 Å². The molecule has 2 saturated heterocycles. The summed E-state index contributed by atoms with van der Waals surface area (Å²) < 4.78 is 0. The van der Waals surface area contributed by atoms with Crippen LogP contribution in [0.3, 0.4) is 0 Å². The number of hydrogen-bond acceptors (Lipinski definition) is 4. The Hall–Kier alpha value is -1.60. The maximum absolute atomic E-state index is 9.03. The molecule has 0 radical (unpaired) electrons. The molecule has 1 N–H and O–H groups in total. The molecule has 94 valence electrons. The van der Waals surface area contributed by atoms with E-state index in [4.69, 9.17) is 5.26 Å². The van der Waals surface area contributed by atoms with Crippen molar-refractivity contribution in [1.29, 1.82) is 5.26 Å². The van der Waals surface area contributed by atoms with Gasteiger partial charge in [-0.15, -0.1) is 0 Å². The number of pyridine rings is 1. The zero-order valence-corrected chi connectivity index (χ0v) is 10.7. The maximum atomic E-state index is 9.03. The van der Waals surface area contributed by atoms with Gasteiger partial charge in [0.1, 0.15) is 5.82 Å². The lowest BCUT2D eigenvalue weighted by Gasteiger charge is -2.24. The monoisotopic (exact) mass is 242 g/mol. The smallest absolute Gasteiger partial charge is 0.130 e. The molecule has 18 heavy (non-hydrogen) atoms. The second-order valence-electron chi connectivity index (χ2n) is 5.34. The number of fused-ring (bicyclic) bond motifs is 1. The first-order valence-corrected chi connectivity index (χ1v) is 6.63. The minimum Gasteiger partial charge on any atom is -0.355 e. The first kappa shape index (κ1) is 11.5. The maximum Gasteiger partial charge on any atom is 0.130 e. The predicted octanol–water partition coefficient (Wildman–Crippen LogP) is 1.45. The predicted molar refractivity (Wildman–Crippen MR) is 70.4 cm³/mol. The largest absolute Gasteiger partial charge is 0.355 e. The van der Waals surface area contributed by atoms with Gasteiger partial charge in [0.2, 0.25) is 0 Å². The summed E-state index contributed by atoms with van der Waals surface area (Å²) >= 11 is 0. The van der Waals surface area contributed by atoms with Gasteiger partial charge >= 0.3 is 0 Å². The average molecular weight is 242 g/mol. The Kier molecular flexibility index (Phi) is 2.92. The molecule has 4 heteroatoms. The van der Waals surface area contributed by atoms with Crippen molar-refractivity contribution in [3.63, 3.8) is 0 Å². The van der Waals surface area contributed by atoms with E-state index in [0.717, 1.165) is 37.1 Å².